The molecule has 0 aliphatic carbocycles. The molecule has 4 atom stereocenters. The van der Waals surface area contributed by atoms with Gasteiger partial charge in [0.2, 0.25) is 5.91 Å². The monoisotopic (exact) mass is 445 g/mol. The van der Waals surface area contributed by atoms with E-state index < -0.39 is 43.0 Å². The summed E-state index contributed by atoms with van der Waals surface area (Å²) in [5.74, 6) is -2.39. The molecule has 28 heavy (non-hydrogen) atoms. The second-order valence-electron chi connectivity index (χ2n) is 6.71. The highest BCUT2D eigenvalue weighted by Gasteiger charge is 2.36. The van der Waals surface area contributed by atoms with Crippen LogP contribution in [-0.2, 0) is 9.59 Å². The number of primary amides is 1. The first-order valence-corrected chi connectivity index (χ1v) is 8.54. The number of carbonyl (C=O) groups is 3. The molecule has 1 rings (SSSR count). The predicted octanol–water partition coefficient (Wildman–Crippen LogP) is -2.04. The average Bonchev–Trinajstić information content (AvgIpc) is 2.57. The molecular formula is C14H30BCl2N5O6. The number of carbonyl (C=O) groups excluding carboxylic acids is 2. The predicted molar refractivity (Wildman–Crippen MR) is 108 cm³/mol. The van der Waals surface area contributed by atoms with Crippen molar-refractivity contribution in [3.05, 3.63) is 0 Å². The molecule has 164 valence electrons. The van der Waals surface area contributed by atoms with Gasteiger partial charge in [-0.3, -0.25) is 9.59 Å². The summed E-state index contributed by atoms with van der Waals surface area (Å²) in [6, 6.07) is -2.47. The Morgan fingerprint density at radius 2 is 1.79 bits per heavy atom. The van der Waals surface area contributed by atoms with E-state index in [4.69, 9.17) is 27.2 Å². The highest BCUT2D eigenvalue weighted by atomic mass is 35.5. The van der Waals surface area contributed by atoms with Gasteiger partial charge in [-0.05, 0) is 25.1 Å². The fourth-order valence-electron chi connectivity index (χ4n) is 3.09. The number of piperidine rings is 1. The lowest BCUT2D eigenvalue weighted by atomic mass is 9.77. The van der Waals surface area contributed by atoms with Crippen LogP contribution in [0.25, 0.3) is 0 Å². The average molecular weight is 446 g/mol. The number of halogens is 2. The van der Waals surface area contributed by atoms with E-state index in [0.717, 1.165) is 0 Å². The van der Waals surface area contributed by atoms with E-state index in [9.17, 15) is 19.5 Å². The van der Waals surface area contributed by atoms with Crippen LogP contribution in [-0.4, -0.2) is 76.8 Å². The zero-order valence-electron chi connectivity index (χ0n) is 15.4. The van der Waals surface area contributed by atoms with Crippen LogP contribution in [0.4, 0.5) is 4.79 Å². The largest absolute Gasteiger partial charge is 0.481 e. The quantitative estimate of drug-likeness (QED) is 0.196. The van der Waals surface area contributed by atoms with E-state index in [-0.39, 0.29) is 63.1 Å². The van der Waals surface area contributed by atoms with E-state index in [0.29, 0.717) is 12.8 Å². The van der Waals surface area contributed by atoms with Crippen LogP contribution in [0.5, 0.6) is 0 Å². The molecule has 1 saturated heterocycles. The topological polar surface area (TPSA) is 205 Å². The van der Waals surface area contributed by atoms with Gasteiger partial charge in [0.15, 0.2) is 0 Å². The Hall–Kier alpha value is -1.31. The molecule has 0 spiro atoms. The van der Waals surface area contributed by atoms with E-state index in [1.165, 1.54) is 4.90 Å². The van der Waals surface area contributed by atoms with Gasteiger partial charge >= 0.3 is 19.1 Å². The van der Waals surface area contributed by atoms with Crippen LogP contribution in [0.15, 0.2) is 0 Å². The number of carboxylic acid groups (broad SMARTS) is 1. The van der Waals surface area contributed by atoms with Gasteiger partial charge in [-0.2, -0.15) is 0 Å². The first-order valence-electron chi connectivity index (χ1n) is 8.54. The van der Waals surface area contributed by atoms with Crippen LogP contribution in [0.2, 0.25) is 6.32 Å². The third-order valence-electron chi connectivity index (χ3n) is 4.55. The van der Waals surface area contributed by atoms with Gasteiger partial charge in [-0.25, -0.2) is 4.79 Å². The lowest BCUT2D eigenvalue weighted by Crippen LogP contribution is -2.57. The normalized spacial score (nSPS) is 20.8. The lowest BCUT2D eigenvalue weighted by Gasteiger charge is -2.38. The van der Waals surface area contributed by atoms with E-state index in [1.807, 2.05) is 0 Å². The van der Waals surface area contributed by atoms with E-state index in [1.54, 1.807) is 0 Å². The van der Waals surface area contributed by atoms with E-state index >= 15 is 0 Å². The zero-order chi connectivity index (χ0) is 19.9. The van der Waals surface area contributed by atoms with E-state index in [2.05, 4.69) is 5.32 Å². The standard InChI is InChI=1S/C14H28BN5O6.2ClH/c16-10(2-4-19-14(18)24)11(17)12(21)20-6-8(1-3-15(25)26)5-9(7-20)13(22)23;;/h8-11,25-26H,1-7,16-17H2,(H,22,23)(H3,18,19,24);2*1H/t8?,9?,10-,11?;;/m1../s1. The molecule has 0 aromatic rings. The molecule has 0 bridgehead atoms. The van der Waals surface area contributed by atoms with Crippen LogP contribution >= 0.6 is 24.8 Å². The summed E-state index contributed by atoms with van der Waals surface area (Å²) in [6.07, 6.45) is 1.08. The molecular weight excluding hydrogens is 416 g/mol. The second-order valence-corrected chi connectivity index (χ2v) is 6.71. The van der Waals surface area contributed by atoms with Gasteiger partial charge in [0.25, 0.3) is 0 Å². The van der Waals surface area contributed by atoms with Crippen molar-refractivity contribution < 1.29 is 29.5 Å². The molecule has 1 aliphatic heterocycles. The maximum Gasteiger partial charge on any atom is 0.451 e. The Morgan fingerprint density at radius 1 is 1.18 bits per heavy atom. The number of hydrogen-bond donors (Lipinski definition) is 7. The molecule has 1 aliphatic rings. The Bertz CT molecular complexity index is 519. The molecule has 3 unspecified atom stereocenters. The maximum atomic E-state index is 12.6. The van der Waals surface area contributed by atoms with Crippen molar-refractivity contribution in [2.45, 2.75) is 37.7 Å². The van der Waals surface area contributed by atoms with Crippen molar-refractivity contribution in [2.24, 2.45) is 29.0 Å². The zero-order valence-corrected chi connectivity index (χ0v) is 17.0. The molecule has 1 heterocycles. The molecule has 0 saturated carbocycles. The molecule has 11 nitrogen and oxygen atoms in total. The molecule has 0 aromatic heterocycles. The number of hydrogen-bond acceptors (Lipinski definition) is 7. The number of urea groups is 1. The minimum absolute atomic E-state index is 0. The number of carboxylic acids is 1. The highest BCUT2D eigenvalue weighted by Crippen LogP contribution is 2.26. The minimum Gasteiger partial charge on any atom is -0.481 e. The Kier molecular flexibility index (Phi) is 14.2. The van der Waals surface area contributed by atoms with Gasteiger partial charge < -0.3 is 42.6 Å². The number of aliphatic carboxylic acids is 1. The summed E-state index contributed by atoms with van der Waals surface area (Å²) in [5.41, 5.74) is 16.8. The third-order valence-corrected chi connectivity index (χ3v) is 4.55. The van der Waals surface area contributed by atoms with Crippen LogP contribution < -0.4 is 22.5 Å². The number of likely N-dealkylation sites (tertiary alicyclic amines) is 1. The number of nitrogens with zero attached hydrogens (tertiary/aromatic N) is 1. The van der Waals surface area contributed by atoms with Gasteiger partial charge in [0, 0.05) is 25.7 Å². The maximum absolute atomic E-state index is 12.6. The number of nitrogens with one attached hydrogen (secondary N) is 1. The minimum atomic E-state index is -1.47. The lowest BCUT2D eigenvalue weighted by molar-refractivity contribution is -0.147. The fraction of sp³-hybridized carbons (Fsp3) is 0.786. The summed E-state index contributed by atoms with van der Waals surface area (Å²) in [6.45, 7) is 0.494. The SMILES string of the molecule is Cl.Cl.NC(=O)NCC[C@@H](N)C(N)C(=O)N1CC(CCB(O)O)CC(C(=O)O)C1. The number of nitrogens with two attached hydrogens (primary N) is 3. The molecule has 0 aromatic carbocycles. The Balaban J connectivity index is 0. The number of amides is 3. The van der Waals surface area contributed by atoms with Crippen LogP contribution in [0.1, 0.15) is 19.3 Å². The fourth-order valence-corrected chi connectivity index (χ4v) is 3.09. The van der Waals surface area contributed by atoms with Crippen molar-refractivity contribution in [1.82, 2.24) is 10.2 Å². The van der Waals surface area contributed by atoms with Gasteiger partial charge in [-0.1, -0.05) is 6.42 Å². The first kappa shape index (κ1) is 28.9. The van der Waals surface area contributed by atoms with Gasteiger partial charge in [0.1, 0.15) is 0 Å². The summed E-state index contributed by atoms with van der Waals surface area (Å²) >= 11 is 0. The summed E-state index contributed by atoms with van der Waals surface area (Å²) < 4.78 is 0. The molecule has 10 N–H and O–H groups in total. The van der Waals surface area contributed by atoms with Crippen molar-refractivity contribution in [1.29, 1.82) is 0 Å². The summed E-state index contributed by atoms with van der Waals surface area (Å²) in [7, 11) is -1.47. The van der Waals surface area contributed by atoms with Crippen molar-refractivity contribution in [3.8, 4) is 0 Å². The second kappa shape index (κ2) is 13.8. The molecule has 1 fully saturated rings. The molecule has 3 amide bonds. The highest BCUT2D eigenvalue weighted by molar-refractivity contribution is 6.40. The Labute approximate surface area is 176 Å². The summed E-state index contributed by atoms with van der Waals surface area (Å²) in [5, 5.41) is 29.7. The Morgan fingerprint density at radius 3 is 2.29 bits per heavy atom. The summed E-state index contributed by atoms with van der Waals surface area (Å²) in [4.78, 5) is 36.0. The van der Waals surface area contributed by atoms with Crippen molar-refractivity contribution >= 4 is 49.8 Å². The third kappa shape index (κ3) is 9.76. The first-order chi connectivity index (χ1) is 12.1. The molecule has 14 heteroatoms. The van der Waals surface area contributed by atoms with Crippen LogP contribution in [0.3, 0.4) is 0 Å². The van der Waals surface area contributed by atoms with Gasteiger partial charge in [0.05, 0.1) is 12.0 Å². The molecule has 0 radical (unpaired) electrons. The van der Waals surface area contributed by atoms with Gasteiger partial charge in [-0.15, -0.1) is 24.8 Å². The smallest absolute Gasteiger partial charge is 0.451 e. The van der Waals surface area contributed by atoms with Crippen molar-refractivity contribution in [2.75, 3.05) is 19.6 Å². The van der Waals surface area contributed by atoms with Crippen LogP contribution in [0, 0.1) is 11.8 Å². The van der Waals surface area contributed by atoms with Crippen molar-refractivity contribution in [3.63, 3.8) is 0 Å². The number of rotatable bonds is 9.